The number of rotatable bonds is 4. The van der Waals surface area contributed by atoms with E-state index >= 15 is 0 Å². The third kappa shape index (κ3) is 2.99. The van der Waals surface area contributed by atoms with Crippen molar-refractivity contribution in [1.82, 2.24) is 0 Å². The van der Waals surface area contributed by atoms with E-state index in [0.29, 0.717) is 5.02 Å². The summed E-state index contributed by atoms with van der Waals surface area (Å²) in [5, 5.41) is 3.77. The molecule has 0 saturated carbocycles. The summed E-state index contributed by atoms with van der Waals surface area (Å²) in [6, 6.07) is 15.8. The Balaban J connectivity index is 2.17. The minimum atomic E-state index is -0.140. The molecule has 1 aliphatic heterocycles. The minimum absolute atomic E-state index is 0.0218. The van der Waals surface area contributed by atoms with E-state index in [0.717, 1.165) is 29.9 Å². The van der Waals surface area contributed by atoms with Crippen molar-refractivity contribution in [3.8, 4) is 0 Å². The van der Waals surface area contributed by atoms with Gasteiger partial charge >= 0.3 is 0 Å². The number of halogens is 1. The van der Waals surface area contributed by atoms with E-state index in [1.165, 1.54) is 4.90 Å². The molecule has 0 aliphatic carbocycles. The first-order chi connectivity index (χ1) is 11.2. The van der Waals surface area contributed by atoms with Crippen LogP contribution in [-0.2, 0) is 4.79 Å². The van der Waals surface area contributed by atoms with E-state index in [1.54, 1.807) is 0 Å². The van der Waals surface area contributed by atoms with Gasteiger partial charge in [0, 0.05) is 10.7 Å². The topological polar surface area (TPSA) is 33.5 Å². The predicted octanol–water partition coefficient (Wildman–Crippen LogP) is 2.72. The molecule has 4 heteroatoms. The average molecular weight is 330 g/mol. The number of hydrogen-bond donors (Lipinski definition) is 2. The fourth-order valence-corrected chi connectivity index (χ4v) is 3.77. The second-order valence-corrected chi connectivity index (χ2v) is 6.39. The molecule has 2 atom stereocenters. The molecule has 0 fully saturated rings. The number of nitrogens with one attached hydrogen (secondary N) is 2. The number of fused-ring (bicyclic) bond motifs is 1. The highest BCUT2D eigenvalue weighted by molar-refractivity contribution is 6.30. The molecular formula is C19H22ClN2O+. The van der Waals surface area contributed by atoms with Crippen LogP contribution in [0.5, 0.6) is 0 Å². The van der Waals surface area contributed by atoms with E-state index in [1.807, 2.05) is 36.4 Å². The zero-order valence-corrected chi connectivity index (χ0v) is 14.2. The first-order valence-corrected chi connectivity index (χ1v) is 8.53. The summed E-state index contributed by atoms with van der Waals surface area (Å²) >= 11 is 6.24. The SMILES string of the molecule is CC[NH+](CC)[C@H]1C(=O)Nc2ccc(Cl)cc2[C@H]1c1ccccc1. The van der Waals surface area contributed by atoms with Crippen LogP contribution in [0.15, 0.2) is 48.5 Å². The van der Waals surface area contributed by atoms with Gasteiger partial charge in [-0.05, 0) is 43.2 Å². The maximum Gasteiger partial charge on any atom is 0.283 e. The van der Waals surface area contributed by atoms with Crippen LogP contribution < -0.4 is 10.2 Å². The van der Waals surface area contributed by atoms with Gasteiger partial charge in [-0.3, -0.25) is 4.79 Å². The van der Waals surface area contributed by atoms with Crippen LogP contribution in [-0.4, -0.2) is 25.0 Å². The summed E-state index contributed by atoms with van der Waals surface area (Å²) in [6.45, 7) is 6.07. The lowest BCUT2D eigenvalue weighted by Crippen LogP contribution is -3.17. The van der Waals surface area contributed by atoms with E-state index < -0.39 is 0 Å². The molecule has 0 radical (unpaired) electrons. The van der Waals surface area contributed by atoms with Crippen LogP contribution in [0.25, 0.3) is 0 Å². The molecule has 2 aromatic carbocycles. The number of carbonyl (C=O) groups excluding carboxylic acids is 1. The number of carbonyl (C=O) groups is 1. The lowest BCUT2D eigenvalue weighted by molar-refractivity contribution is -0.913. The summed E-state index contributed by atoms with van der Waals surface area (Å²) in [7, 11) is 0. The van der Waals surface area contributed by atoms with Crippen LogP contribution >= 0.6 is 11.6 Å². The maximum atomic E-state index is 12.8. The zero-order valence-electron chi connectivity index (χ0n) is 13.5. The summed E-state index contributed by atoms with van der Waals surface area (Å²) in [5.41, 5.74) is 3.14. The van der Waals surface area contributed by atoms with Gasteiger partial charge < -0.3 is 10.2 Å². The molecule has 3 rings (SSSR count). The molecular weight excluding hydrogens is 308 g/mol. The second kappa shape index (κ2) is 6.73. The van der Waals surface area contributed by atoms with E-state index in [9.17, 15) is 4.79 Å². The fourth-order valence-electron chi connectivity index (χ4n) is 3.59. The quantitative estimate of drug-likeness (QED) is 0.888. The standard InChI is InChI=1S/C19H21ClN2O/c1-3-22(4-2)18-17(13-8-6-5-7-9-13)15-12-14(20)10-11-16(15)21-19(18)23/h5-12,17-18H,3-4H2,1-2H3,(H,21,23)/p+1/t17-,18-/m1/s1. The fraction of sp³-hybridized carbons (Fsp3) is 0.316. The Hall–Kier alpha value is -1.84. The molecule has 0 saturated heterocycles. The van der Waals surface area contributed by atoms with Gasteiger partial charge in [-0.2, -0.15) is 0 Å². The van der Waals surface area contributed by atoms with Crippen molar-refractivity contribution < 1.29 is 9.69 Å². The third-order valence-electron chi connectivity index (χ3n) is 4.73. The molecule has 1 amide bonds. The molecule has 2 aromatic rings. The average Bonchev–Trinajstić information content (AvgIpc) is 2.57. The summed E-state index contributed by atoms with van der Waals surface area (Å²) in [6.07, 6.45) is 0. The van der Waals surface area contributed by atoms with Crippen molar-refractivity contribution in [2.75, 3.05) is 18.4 Å². The Kier molecular flexibility index (Phi) is 4.69. The van der Waals surface area contributed by atoms with E-state index in [2.05, 4.69) is 31.3 Å². The van der Waals surface area contributed by atoms with E-state index in [4.69, 9.17) is 11.6 Å². The highest BCUT2D eigenvalue weighted by Crippen LogP contribution is 2.37. The Morgan fingerprint density at radius 2 is 1.78 bits per heavy atom. The van der Waals surface area contributed by atoms with Gasteiger partial charge in [0.2, 0.25) is 0 Å². The zero-order chi connectivity index (χ0) is 16.4. The number of quaternary nitrogens is 1. The van der Waals surface area contributed by atoms with Gasteiger partial charge in [0.05, 0.1) is 19.0 Å². The molecule has 1 aliphatic rings. The normalized spacial score (nSPS) is 20.3. The molecule has 0 bridgehead atoms. The van der Waals surface area contributed by atoms with E-state index in [-0.39, 0.29) is 17.9 Å². The lowest BCUT2D eigenvalue weighted by Gasteiger charge is -2.37. The number of amides is 1. The third-order valence-corrected chi connectivity index (χ3v) is 4.96. The van der Waals surface area contributed by atoms with Crippen molar-refractivity contribution in [2.24, 2.45) is 0 Å². The first-order valence-electron chi connectivity index (χ1n) is 8.15. The lowest BCUT2D eigenvalue weighted by atomic mass is 9.80. The van der Waals surface area contributed by atoms with Crippen molar-refractivity contribution >= 4 is 23.2 Å². The van der Waals surface area contributed by atoms with Crippen LogP contribution in [0.3, 0.4) is 0 Å². The second-order valence-electron chi connectivity index (χ2n) is 5.95. The Morgan fingerprint density at radius 3 is 2.43 bits per heavy atom. The summed E-state index contributed by atoms with van der Waals surface area (Å²) in [5.74, 6) is 0.112. The molecule has 0 aromatic heterocycles. The van der Waals surface area contributed by atoms with Gasteiger partial charge in [-0.1, -0.05) is 41.9 Å². The van der Waals surface area contributed by atoms with Gasteiger partial charge in [0.15, 0.2) is 6.04 Å². The van der Waals surface area contributed by atoms with Crippen molar-refractivity contribution in [1.29, 1.82) is 0 Å². The molecule has 0 unspecified atom stereocenters. The molecule has 2 N–H and O–H groups in total. The van der Waals surface area contributed by atoms with Crippen LogP contribution in [0, 0.1) is 0 Å². The molecule has 0 spiro atoms. The summed E-state index contributed by atoms with van der Waals surface area (Å²) < 4.78 is 0. The van der Waals surface area contributed by atoms with Gasteiger partial charge in [-0.15, -0.1) is 0 Å². The number of hydrogen-bond acceptors (Lipinski definition) is 1. The monoisotopic (exact) mass is 329 g/mol. The van der Waals surface area contributed by atoms with Crippen LogP contribution in [0.2, 0.25) is 5.02 Å². The number of benzene rings is 2. The van der Waals surface area contributed by atoms with Gasteiger partial charge in [-0.25, -0.2) is 0 Å². The predicted molar refractivity (Wildman–Crippen MR) is 94.2 cm³/mol. The Morgan fingerprint density at radius 1 is 1.09 bits per heavy atom. The highest BCUT2D eigenvalue weighted by atomic mass is 35.5. The Labute approximate surface area is 142 Å². The highest BCUT2D eigenvalue weighted by Gasteiger charge is 2.42. The molecule has 23 heavy (non-hydrogen) atoms. The van der Waals surface area contributed by atoms with Crippen molar-refractivity contribution in [3.63, 3.8) is 0 Å². The minimum Gasteiger partial charge on any atom is -0.324 e. The smallest absolute Gasteiger partial charge is 0.283 e. The number of anilines is 1. The van der Waals surface area contributed by atoms with Crippen molar-refractivity contribution in [3.05, 3.63) is 64.7 Å². The molecule has 3 nitrogen and oxygen atoms in total. The summed E-state index contributed by atoms with van der Waals surface area (Å²) in [4.78, 5) is 14.1. The first kappa shape index (κ1) is 16.0. The molecule has 120 valence electrons. The molecule has 1 heterocycles. The number of likely N-dealkylation sites (N-methyl/N-ethyl adjacent to an activating group) is 1. The van der Waals surface area contributed by atoms with Crippen LogP contribution in [0.1, 0.15) is 30.9 Å². The van der Waals surface area contributed by atoms with Crippen molar-refractivity contribution in [2.45, 2.75) is 25.8 Å². The Bertz CT molecular complexity index is 698. The van der Waals surface area contributed by atoms with Gasteiger partial charge in [0.1, 0.15) is 0 Å². The maximum absolute atomic E-state index is 12.8. The largest absolute Gasteiger partial charge is 0.324 e. The van der Waals surface area contributed by atoms with Gasteiger partial charge in [0.25, 0.3) is 5.91 Å². The van der Waals surface area contributed by atoms with Crippen LogP contribution in [0.4, 0.5) is 5.69 Å².